The van der Waals surface area contributed by atoms with Gasteiger partial charge in [0.15, 0.2) is 6.61 Å². The van der Waals surface area contributed by atoms with Crippen molar-refractivity contribution in [3.8, 4) is 11.5 Å². The molecule has 124 valence electrons. The molecule has 6 heteroatoms. The van der Waals surface area contributed by atoms with Gasteiger partial charge in [0, 0.05) is 13.1 Å². The van der Waals surface area contributed by atoms with E-state index in [2.05, 4.69) is 5.32 Å². The van der Waals surface area contributed by atoms with Gasteiger partial charge >= 0.3 is 0 Å². The second-order valence-corrected chi connectivity index (χ2v) is 5.50. The van der Waals surface area contributed by atoms with E-state index in [1.54, 1.807) is 24.3 Å². The fourth-order valence-corrected chi connectivity index (χ4v) is 2.60. The molecule has 0 bridgehead atoms. The molecule has 0 saturated carbocycles. The van der Waals surface area contributed by atoms with Crippen molar-refractivity contribution in [1.29, 1.82) is 0 Å². The summed E-state index contributed by atoms with van der Waals surface area (Å²) in [5.74, 6) is 1.55. The molecule has 2 rings (SSSR count). The number of rotatable bonds is 6. The van der Waals surface area contributed by atoms with Gasteiger partial charge < -0.3 is 20.1 Å². The van der Waals surface area contributed by atoms with Crippen LogP contribution < -0.4 is 10.1 Å². The van der Waals surface area contributed by atoms with Crippen LogP contribution in [-0.2, 0) is 4.79 Å². The summed E-state index contributed by atoms with van der Waals surface area (Å²) in [7, 11) is 1.97. The molecule has 0 radical (unpaired) electrons. The van der Waals surface area contributed by atoms with Gasteiger partial charge in [-0.15, -0.1) is 12.4 Å². The Balaban J connectivity index is 0.00000242. The Morgan fingerprint density at radius 3 is 2.55 bits per heavy atom. The minimum absolute atomic E-state index is 0. The monoisotopic (exact) mass is 328 g/mol. The first kappa shape index (κ1) is 18.6. The average molecular weight is 329 g/mol. The van der Waals surface area contributed by atoms with Crippen molar-refractivity contribution in [2.75, 3.05) is 33.3 Å². The van der Waals surface area contributed by atoms with Gasteiger partial charge in [-0.05, 0) is 63.0 Å². The maximum atomic E-state index is 12.1. The topological polar surface area (TPSA) is 61.8 Å². The SMILES string of the molecule is CNCCC1CCN(C(=O)COc2ccc(O)cc2)CC1.Cl. The predicted molar refractivity (Wildman–Crippen MR) is 88.7 cm³/mol. The summed E-state index contributed by atoms with van der Waals surface area (Å²) < 4.78 is 5.46. The van der Waals surface area contributed by atoms with Crippen molar-refractivity contribution < 1.29 is 14.6 Å². The number of phenols is 1. The number of phenolic OH excluding ortho intramolecular Hbond substituents is 1. The van der Waals surface area contributed by atoms with Crippen molar-refractivity contribution in [3.63, 3.8) is 0 Å². The van der Waals surface area contributed by atoms with Gasteiger partial charge in [-0.3, -0.25) is 4.79 Å². The van der Waals surface area contributed by atoms with Gasteiger partial charge in [0.2, 0.25) is 0 Å². The van der Waals surface area contributed by atoms with Gasteiger partial charge in [0.25, 0.3) is 5.91 Å². The second kappa shape index (κ2) is 9.54. The molecule has 0 aromatic heterocycles. The molecule has 22 heavy (non-hydrogen) atoms. The zero-order chi connectivity index (χ0) is 15.1. The molecule has 0 atom stereocenters. The maximum Gasteiger partial charge on any atom is 0.260 e. The third-order valence-electron chi connectivity index (χ3n) is 3.97. The number of benzene rings is 1. The van der Waals surface area contributed by atoms with Gasteiger partial charge in [-0.1, -0.05) is 0 Å². The molecule has 1 aromatic carbocycles. The first-order chi connectivity index (χ1) is 10.2. The smallest absolute Gasteiger partial charge is 0.260 e. The lowest BCUT2D eigenvalue weighted by atomic mass is 9.93. The highest BCUT2D eigenvalue weighted by atomic mass is 35.5. The number of carbonyl (C=O) groups is 1. The molecule has 1 aromatic rings. The lowest BCUT2D eigenvalue weighted by Gasteiger charge is -2.32. The molecule has 1 saturated heterocycles. The summed E-state index contributed by atoms with van der Waals surface area (Å²) >= 11 is 0. The molecule has 1 fully saturated rings. The third kappa shape index (κ3) is 5.73. The molecule has 2 N–H and O–H groups in total. The number of ether oxygens (including phenoxy) is 1. The Labute approximate surface area is 138 Å². The minimum atomic E-state index is 0. The fourth-order valence-electron chi connectivity index (χ4n) is 2.60. The van der Waals surface area contributed by atoms with E-state index < -0.39 is 0 Å². The third-order valence-corrected chi connectivity index (χ3v) is 3.97. The van der Waals surface area contributed by atoms with Crippen molar-refractivity contribution >= 4 is 18.3 Å². The molecule has 1 amide bonds. The molecule has 1 aliphatic heterocycles. The van der Waals surface area contributed by atoms with E-state index in [1.807, 2.05) is 11.9 Å². The number of halogens is 1. The average Bonchev–Trinajstić information content (AvgIpc) is 2.52. The number of aromatic hydroxyl groups is 1. The van der Waals surface area contributed by atoms with Crippen LogP contribution in [0.5, 0.6) is 11.5 Å². The number of piperidine rings is 1. The number of likely N-dealkylation sites (tertiary alicyclic amines) is 1. The standard InChI is InChI=1S/C16H24N2O3.ClH/c1-17-9-6-13-7-10-18(11-8-13)16(20)12-21-15-4-2-14(19)3-5-15;/h2-5,13,17,19H,6-12H2,1H3;1H. The van der Waals surface area contributed by atoms with Gasteiger partial charge in [-0.25, -0.2) is 0 Å². The Kier molecular flexibility index (Phi) is 8.06. The Hall–Kier alpha value is -1.46. The molecule has 5 nitrogen and oxygen atoms in total. The number of nitrogens with zero attached hydrogens (tertiary/aromatic N) is 1. The van der Waals surface area contributed by atoms with Gasteiger partial charge in [0.1, 0.15) is 11.5 Å². The van der Waals surface area contributed by atoms with Crippen molar-refractivity contribution in [1.82, 2.24) is 10.2 Å². The number of amides is 1. The number of nitrogens with one attached hydrogen (secondary N) is 1. The first-order valence-corrected chi connectivity index (χ1v) is 7.53. The summed E-state index contributed by atoms with van der Waals surface area (Å²) in [4.78, 5) is 14.0. The highest BCUT2D eigenvalue weighted by molar-refractivity contribution is 5.85. The zero-order valence-corrected chi connectivity index (χ0v) is 13.8. The first-order valence-electron chi connectivity index (χ1n) is 7.53. The van der Waals surface area contributed by atoms with E-state index in [-0.39, 0.29) is 30.7 Å². The molecule has 0 aliphatic carbocycles. The summed E-state index contributed by atoms with van der Waals surface area (Å²) in [5.41, 5.74) is 0. The van der Waals surface area contributed by atoms with E-state index in [1.165, 1.54) is 6.42 Å². The van der Waals surface area contributed by atoms with Crippen molar-refractivity contribution in [3.05, 3.63) is 24.3 Å². The second-order valence-electron chi connectivity index (χ2n) is 5.50. The molecular formula is C16H25ClN2O3. The van der Waals surface area contributed by atoms with E-state index in [4.69, 9.17) is 4.74 Å². The molecule has 0 spiro atoms. The normalized spacial score (nSPS) is 15.2. The lowest BCUT2D eigenvalue weighted by Crippen LogP contribution is -2.41. The lowest BCUT2D eigenvalue weighted by molar-refractivity contribution is -0.134. The highest BCUT2D eigenvalue weighted by Crippen LogP contribution is 2.20. The van der Waals surface area contributed by atoms with Crippen molar-refractivity contribution in [2.24, 2.45) is 5.92 Å². The Bertz CT molecular complexity index is 445. The van der Waals surface area contributed by atoms with Crippen molar-refractivity contribution in [2.45, 2.75) is 19.3 Å². The molecule has 1 aliphatic rings. The Morgan fingerprint density at radius 2 is 1.95 bits per heavy atom. The van der Waals surface area contributed by atoms with Crippen LogP contribution in [0.1, 0.15) is 19.3 Å². The largest absolute Gasteiger partial charge is 0.508 e. The van der Waals surface area contributed by atoms with Crippen LogP contribution in [0.4, 0.5) is 0 Å². The molecular weight excluding hydrogens is 304 g/mol. The van der Waals surface area contributed by atoms with Crippen LogP contribution in [0.2, 0.25) is 0 Å². The van der Waals surface area contributed by atoms with Crippen LogP contribution in [0, 0.1) is 5.92 Å². The Morgan fingerprint density at radius 1 is 1.32 bits per heavy atom. The van der Waals surface area contributed by atoms with Crippen LogP contribution >= 0.6 is 12.4 Å². The number of carbonyl (C=O) groups excluding carboxylic acids is 1. The maximum absolute atomic E-state index is 12.1. The predicted octanol–water partition coefficient (Wildman–Crippen LogP) is 2.04. The van der Waals surface area contributed by atoms with Crippen LogP contribution in [0.15, 0.2) is 24.3 Å². The van der Waals surface area contributed by atoms with E-state index in [9.17, 15) is 9.90 Å². The zero-order valence-electron chi connectivity index (χ0n) is 13.0. The van der Waals surface area contributed by atoms with Gasteiger partial charge in [-0.2, -0.15) is 0 Å². The van der Waals surface area contributed by atoms with E-state index in [0.29, 0.717) is 5.75 Å². The molecule has 0 unspecified atom stereocenters. The van der Waals surface area contributed by atoms with Crippen LogP contribution in [0.25, 0.3) is 0 Å². The number of hydrogen-bond donors (Lipinski definition) is 2. The summed E-state index contributed by atoms with van der Waals surface area (Å²) in [6, 6.07) is 6.42. The molecule has 1 heterocycles. The summed E-state index contributed by atoms with van der Waals surface area (Å²) in [6.07, 6.45) is 3.34. The van der Waals surface area contributed by atoms with E-state index in [0.717, 1.165) is 38.4 Å². The van der Waals surface area contributed by atoms with Gasteiger partial charge in [0.05, 0.1) is 0 Å². The van der Waals surface area contributed by atoms with Crippen LogP contribution in [0.3, 0.4) is 0 Å². The fraction of sp³-hybridized carbons (Fsp3) is 0.562. The number of hydrogen-bond acceptors (Lipinski definition) is 4. The summed E-state index contributed by atoms with van der Waals surface area (Å²) in [6.45, 7) is 2.76. The minimum Gasteiger partial charge on any atom is -0.508 e. The quantitative estimate of drug-likeness (QED) is 0.839. The van der Waals surface area contributed by atoms with Crippen LogP contribution in [-0.4, -0.2) is 49.2 Å². The highest BCUT2D eigenvalue weighted by Gasteiger charge is 2.22. The van der Waals surface area contributed by atoms with E-state index >= 15 is 0 Å². The summed E-state index contributed by atoms with van der Waals surface area (Å²) in [5, 5.41) is 12.4.